The highest BCUT2D eigenvalue weighted by Crippen LogP contribution is 2.22. The molecule has 0 spiro atoms. The van der Waals surface area contributed by atoms with Gasteiger partial charge in [-0.25, -0.2) is 0 Å². The van der Waals surface area contributed by atoms with Crippen molar-refractivity contribution >= 4 is 0 Å². The lowest BCUT2D eigenvalue weighted by molar-refractivity contribution is -0.000216. The lowest BCUT2D eigenvalue weighted by Gasteiger charge is -2.38. The van der Waals surface area contributed by atoms with Gasteiger partial charge in [0, 0.05) is 32.3 Å². The highest BCUT2D eigenvalue weighted by Gasteiger charge is 2.28. The van der Waals surface area contributed by atoms with Crippen LogP contribution in [-0.2, 0) is 9.47 Å². The molecule has 4 heteroatoms. The van der Waals surface area contributed by atoms with Gasteiger partial charge in [-0.15, -0.1) is 0 Å². The molecule has 0 aromatic rings. The van der Waals surface area contributed by atoms with E-state index in [1.807, 2.05) is 0 Å². The van der Waals surface area contributed by atoms with Crippen molar-refractivity contribution in [2.24, 2.45) is 17.6 Å². The van der Waals surface area contributed by atoms with Crippen molar-refractivity contribution in [1.82, 2.24) is 4.90 Å². The Morgan fingerprint density at radius 3 is 2.44 bits per heavy atom. The molecule has 3 unspecified atom stereocenters. The first-order chi connectivity index (χ1) is 8.81. The summed E-state index contributed by atoms with van der Waals surface area (Å²) >= 11 is 0. The first-order valence-corrected chi connectivity index (χ1v) is 7.37. The molecule has 18 heavy (non-hydrogen) atoms. The van der Waals surface area contributed by atoms with Crippen molar-refractivity contribution in [3.05, 3.63) is 0 Å². The van der Waals surface area contributed by atoms with E-state index in [1.165, 1.54) is 25.7 Å². The first kappa shape index (κ1) is 14.3. The van der Waals surface area contributed by atoms with Crippen LogP contribution in [0.4, 0.5) is 0 Å². The molecule has 0 radical (unpaired) electrons. The highest BCUT2D eigenvalue weighted by atomic mass is 16.5. The van der Waals surface area contributed by atoms with Gasteiger partial charge in [0.15, 0.2) is 0 Å². The van der Waals surface area contributed by atoms with Gasteiger partial charge in [0.05, 0.1) is 13.2 Å². The summed E-state index contributed by atoms with van der Waals surface area (Å²) in [6.07, 6.45) is 4.94. The predicted molar refractivity (Wildman–Crippen MR) is 72.6 cm³/mol. The van der Waals surface area contributed by atoms with E-state index < -0.39 is 0 Å². The molecule has 0 saturated carbocycles. The van der Waals surface area contributed by atoms with Gasteiger partial charge in [0.1, 0.15) is 0 Å². The number of hydrogen-bond acceptors (Lipinski definition) is 4. The molecule has 0 amide bonds. The largest absolute Gasteiger partial charge is 0.381 e. The summed E-state index contributed by atoms with van der Waals surface area (Å²) in [6, 6.07) is 0.465. The third-order valence-corrected chi connectivity index (χ3v) is 4.35. The van der Waals surface area contributed by atoms with Crippen LogP contribution in [0.5, 0.6) is 0 Å². The Balaban J connectivity index is 1.81. The van der Waals surface area contributed by atoms with Crippen LogP contribution in [0.3, 0.4) is 0 Å². The molecule has 4 nitrogen and oxygen atoms in total. The molecule has 0 bridgehead atoms. The fourth-order valence-corrected chi connectivity index (χ4v) is 3.30. The van der Waals surface area contributed by atoms with Crippen molar-refractivity contribution in [2.75, 3.05) is 46.6 Å². The van der Waals surface area contributed by atoms with Gasteiger partial charge in [-0.2, -0.15) is 0 Å². The first-order valence-electron chi connectivity index (χ1n) is 7.37. The molecule has 2 rings (SSSR count). The molecule has 0 aromatic carbocycles. The van der Waals surface area contributed by atoms with Crippen LogP contribution >= 0.6 is 0 Å². The quantitative estimate of drug-likeness (QED) is 0.800. The second-order valence-corrected chi connectivity index (χ2v) is 5.80. The molecule has 3 atom stereocenters. The SMILES string of the molecule is CN(CC1CCCOC1)C(CN)C1CCCOC1. The van der Waals surface area contributed by atoms with Crippen LogP contribution in [-0.4, -0.2) is 57.5 Å². The zero-order chi connectivity index (χ0) is 12.8. The number of nitrogens with two attached hydrogens (primary N) is 1. The highest BCUT2D eigenvalue weighted by molar-refractivity contribution is 4.82. The molecule has 2 aliphatic rings. The van der Waals surface area contributed by atoms with E-state index >= 15 is 0 Å². The molecule has 2 aliphatic heterocycles. The van der Waals surface area contributed by atoms with Gasteiger partial charge in [-0.05, 0) is 44.6 Å². The smallest absolute Gasteiger partial charge is 0.0509 e. The van der Waals surface area contributed by atoms with Gasteiger partial charge in [0.2, 0.25) is 0 Å². The number of nitrogens with zero attached hydrogens (tertiary/aromatic N) is 1. The van der Waals surface area contributed by atoms with Gasteiger partial charge >= 0.3 is 0 Å². The minimum Gasteiger partial charge on any atom is -0.381 e. The average Bonchev–Trinajstić information content (AvgIpc) is 2.42. The number of likely N-dealkylation sites (N-methyl/N-ethyl adjacent to an activating group) is 1. The second kappa shape index (κ2) is 7.43. The molecule has 0 aromatic heterocycles. The van der Waals surface area contributed by atoms with Crippen molar-refractivity contribution in [3.63, 3.8) is 0 Å². The molecule has 106 valence electrons. The van der Waals surface area contributed by atoms with Crippen LogP contribution in [0, 0.1) is 11.8 Å². The van der Waals surface area contributed by atoms with Gasteiger partial charge in [0.25, 0.3) is 0 Å². The van der Waals surface area contributed by atoms with Crippen LogP contribution in [0.25, 0.3) is 0 Å². The molecule has 2 fully saturated rings. The fourth-order valence-electron chi connectivity index (χ4n) is 3.30. The minimum atomic E-state index is 0.465. The lowest BCUT2D eigenvalue weighted by atomic mass is 9.91. The number of ether oxygens (including phenoxy) is 2. The molecule has 2 heterocycles. The van der Waals surface area contributed by atoms with Crippen molar-refractivity contribution in [2.45, 2.75) is 31.7 Å². The Morgan fingerprint density at radius 2 is 1.89 bits per heavy atom. The zero-order valence-electron chi connectivity index (χ0n) is 11.6. The van der Waals surface area contributed by atoms with E-state index in [2.05, 4.69) is 11.9 Å². The number of rotatable bonds is 5. The van der Waals surface area contributed by atoms with Crippen molar-refractivity contribution in [1.29, 1.82) is 0 Å². The van der Waals surface area contributed by atoms with E-state index in [-0.39, 0.29) is 0 Å². The van der Waals surface area contributed by atoms with Crippen LogP contribution in [0.15, 0.2) is 0 Å². The average molecular weight is 256 g/mol. The Labute approximate surface area is 111 Å². The van der Waals surface area contributed by atoms with Crippen LogP contribution in [0.1, 0.15) is 25.7 Å². The Hall–Kier alpha value is -0.160. The number of hydrogen-bond donors (Lipinski definition) is 1. The third kappa shape index (κ3) is 3.92. The summed E-state index contributed by atoms with van der Waals surface area (Å²) in [6.45, 7) is 5.51. The standard InChI is InChI=1S/C14H28N2O2/c1-16(9-12-4-2-6-17-10-12)14(8-15)13-5-3-7-18-11-13/h12-14H,2-11,15H2,1H3. The maximum absolute atomic E-state index is 5.98. The summed E-state index contributed by atoms with van der Waals surface area (Å²) in [7, 11) is 2.21. The van der Waals surface area contributed by atoms with Gasteiger partial charge < -0.3 is 20.1 Å². The van der Waals surface area contributed by atoms with E-state index in [0.29, 0.717) is 17.9 Å². The molecule has 2 saturated heterocycles. The maximum Gasteiger partial charge on any atom is 0.0509 e. The molecular formula is C14H28N2O2. The predicted octanol–water partition coefficient (Wildman–Crippen LogP) is 1.10. The van der Waals surface area contributed by atoms with Crippen LogP contribution in [0.2, 0.25) is 0 Å². The van der Waals surface area contributed by atoms with Crippen molar-refractivity contribution in [3.8, 4) is 0 Å². The van der Waals surface area contributed by atoms with E-state index in [1.54, 1.807) is 0 Å². The minimum absolute atomic E-state index is 0.465. The summed E-state index contributed by atoms with van der Waals surface area (Å²) in [5.41, 5.74) is 5.98. The maximum atomic E-state index is 5.98. The topological polar surface area (TPSA) is 47.7 Å². The lowest BCUT2D eigenvalue weighted by Crippen LogP contribution is -2.48. The van der Waals surface area contributed by atoms with Gasteiger partial charge in [-0.1, -0.05) is 0 Å². The Bertz CT molecular complexity index is 226. The van der Waals surface area contributed by atoms with E-state index in [9.17, 15) is 0 Å². The molecule has 2 N–H and O–H groups in total. The summed E-state index contributed by atoms with van der Waals surface area (Å²) in [5, 5.41) is 0. The van der Waals surface area contributed by atoms with Crippen LogP contribution < -0.4 is 5.73 Å². The fraction of sp³-hybridized carbons (Fsp3) is 1.00. The molecular weight excluding hydrogens is 228 g/mol. The van der Waals surface area contributed by atoms with Gasteiger partial charge in [-0.3, -0.25) is 0 Å². The van der Waals surface area contributed by atoms with Crippen molar-refractivity contribution < 1.29 is 9.47 Å². The second-order valence-electron chi connectivity index (χ2n) is 5.80. The van der Waals surface area contributed by atoms with E-state index in [0.717, 1.165) is 39.5 Å². The summed E-state index contributed by atoms with van der Waals surface area (Å²) in [5.74, 6) is 1.29. The monoisotopic (exact) mass is 256 g/mol. The van der Waals surface area contributed by atoms with E-state index in [4.69, 9.17) is 15.2 Å². The summed E-state index contributed by atoms with van der Waals surface area (Å²) < 4.78 is 11.2. The normalized spacial score (nSPS) is 31.5. The Morgan fingerprint density at radius 1 is 1.17 bits per heavy atom. The zero-order valence-corrected chi connectivity index (χ0v) is 11.6. The molecule has 0 aliphatic carbocycles. The summed E-state index contributed by atoms with van der Waals surface area (Å²) in [4.78, 5) is 2.44. The third-order valence-electron chi connectivity index (χ3n) is 4.35. The Kier molecular flexibility index (Phi) is 5.89.